The van der Waals surface area contributed by atoms with Crippen LogP contribution in [0.15, 0.2) is 0 Å². The maximum atomic E-state index is 11.7. The van der Waals surface area contributed by atoms with Crippen LogP contribution in [-0.2, 0) is 14.3 Å². The first kappa shape index (κ1) is 16.0. The zero-order valence-corrected chi connectivity index (χ0v) is 12.3. The van der Waals surface area contributed by atoms with Gasteiger partial charge < -0.3 is 15.0 Å². The monoisotopic (exact) mass is 270 g/mol. The molecule has 0 bridgehead atoms. The van der Waals surface area contributed by atoms with Gasteiger partial charge in [0.05, 0.1) is 5.92 Å². The summed E-state index contributed by atoms with van der Waals surface area (Å²) in [7, 11) is 0. The third-order valence-corrected chi connectivity index (χ3v) is 3.23. The van der Waals surface area contributed by atoms with Crippen molar-refractivity contribution >= 4 is 12.4 Å². The molecule has 0 radical (unpaired) electrons. The predicted octanol–water partition coefficient (Wildman–Crippen LogP) is 1.18. The Morgan fingerprint density at radius 1 is 1.32 bits per heavy atom. The molecule has 2 fully saturated rings. The van der Waals surface area contributed by atoms with Crippen LogP contribution in [0.25, 0.3) is 0 Å². The normalized spacial score (nSPS) is 22.7. The van der Waals surface area contributed by atoms with E-state index in [4.69, 9.17) is 0 Å². The summed E-state index contributed by atoms with van der Waals surface area (Å²) in [4.78, 5) is 23.4. The number of ether oxygens (including phenoxy) is 1. The van der Waals surface area contributed by atoms with E-state index >= 15 is 0 Å². The molecule has 2 saturated heterocycles. The van der Waals surface area contributed by atoms with Gasteiger partial charge in [-0.05, 0) is 46.6 Å². The lowest BCUT2D eigenvalue weighted by molar-refractivity contribution is -0.138. The minimum atomic E-state index is -0.318. The van der Waals surface area contributed by atoms with Crippen molar-refractivity contribution in [2.24, 2.45) is 5.92 Å². The highest BCUT2D eigenvalue weighted by Gasteiger charge is 2.28. The fourth-order valence-corrected chi connectivity index (χ4v) is 2.21. The van der Waals surface area contributed by atoms with E-state index in [9.17, 15) is 9.59 Å². The smallest absolute Gasteiger partial charge is 0.293 e. The number of hydrogen-bond donors (Lipinski definition) is 1. The molecule has 0 spiro atoms. The maximum absolute atomic E-state index is 11.7. The molecule has 2 aliphatic heterocycles. The minimum Gasteiger partial charge on any atom is -0.462 e. The Bertz CT molecular complexity index is 270. The lowest BCUT2D eigenvalue weighted by atomic mass is 10.1. The molecule has 1 N–H and O–H groups in total. The van der Waals surface area contributed by atoms with Crippen LogP contribution in [0.5, 0.6) is 0 Å². The van der Waals surface area contributed by atoms with Crippen LogP contribution in [0.3, 0.4) is 0 Å². The Balaban J connectivity index is 0.000000224. The molecule has 1 unspecified atom stereocenters. The quantitative estimate of drug-likeness (QED) is 0.765. The maximum Gasteiger partial charge on any atom is 0.293 e. The van der Waals surface area contributed by atoms with E-state index in [1.807, 2.05) is 25.7 Å². The Morgan fingerprint density at radius 2 is 1.95 bits per heavy atom. The number of likely N-dealkylation sites (tertiary alicyclic amines) is 1. The van der Waals surface area contributed by atoms with Gasteiger partial charge in [0.2, 0.25) is 5.91 Å². The van der Waals surface area contributed by atoms with E-state index in [-0.39, 0.29) is 11.5 Å². The average molecular weight is 270 g/mol. The first-order valence-corrected chi connectivity index (χ1v) is 7.05. The number of rotatable bonds is 2. The van der Waals surface area contributed by atoms with E-state index in [0.29, 0.717) is 12.4 Å². The zero-order valence-electron chi connectivity index (χ0n) is 12.3. The molecular weight excluding hydrogens is 244 g/mol. The van der Waals surface area contributed by atoms with Crippen molar-refractivity contribution in [3.05, 3.63) is 0 Å². The molecule has 5 nitrogen and oxygen atoms in total. The number of amides is 1. The number of hydrogen-bond acceptors (Lipinski definition) is 4. The summed E-state index contributed by atoms with van der Waals surface area (Å²) in [6.07, 6.45) is 3.44. The first-order valence-electron chi connectivity index (χ1n) is 7.05. The van der Waals surface area contributed by atoms with Gasteiger partial charge in [0.25, 0.3) is 6.47 Å². The zero-order chi connectivity index (χ0) is 14.3. The molecule has 2 heterocycles. The van der Waals surface area contributed by atoms with Crippen LogP contribution in [-0.4, -0.2) is 49.1 Å². The molecule has 0 aliphatic carbocycles. The summed E-state index contributed by atoms with van der Waals surface area (Å²) in [5, 5.41) is 3.23. The molecule has 110 valence electrons. The van der Waals surface area contributed by atoms with Crippen LogP contribution in [0.2, 0.25) is 0 Å². The summed E-state index contributed by atoms with van der Waals surface area (Å²) in [5.41, 5.74) is -0.318. The highest BCUT2D eigenvalue weighted by atomic mass is 16.5. The summed E-state index contributed by atoms with van der Waals surface area (Å²) < 4.78 is 4.55. The third-order valence-electron chi connectivity index (χ3n) is 3.23. The highest BCUT2D eigenvalue weighted by Crippen LogP contribution is 2.16. The standard InChI is InChI=1S/C9H16N2O.C5H10O2/c12-9(8-3-4-10-7-8)11-5-1-2-6-11;1-5(2,3)7-4-6/h8,10H,1-7H2;4H,1-3H3. The van der Waals surface area contributed by atoms with E-state index in [1.165, 1.54) is 12.8 Å². The largest absolute Gasteiger partial charge is 0.462 e. The third kappa shape index (κ3) is 6.05. The van der Waals surface area contributed by atoms with Crippen LogP contribution in [0.1, 0.15) is 40.0 Å². The molecule has 1 amide bonds. The van der Waals surface area contributed by atoms with Gasteiger partial charge in [-0.25, -0.2) is 0 Å². The summed E-state index contributed by atoms with van der Waals surface area (Å²) in [5.74, 6) is 0.667. The van der Waals surface area contributed by atoms with Gasteiger partial charge in [-0.3, -0.25) is 9.59 Å². The van der Waals surface area contributed by atoms with E-state index in [1.54, 1.807) is 0 Å². The molecule has 5 heteroatoms. The van der Waals surface area contributed by atoms with Crippen LogP contribution in [0.4, 0.5) is 0 Å². The Labute approximate surface area is 115 Å². The lowest BCUT2D eigenvalue weighted by Crippen LogP contribution is -2.34. The van der Waals surface area contributed by atoms with Crippen molar-refractivity contribution in [2.75, 3.05) is 26.2 Å². The first-order chi connectivity index (χ1) is 8.94. The van der Waals surface area contributed by atoms with Crippen molar-refractivity contribution < 1.29 is 14.3 Å². The van der Waals surface area contributed by atoms with E-state index < -0.39 is 0 Å². The Morgan fingerprint density at radius 3 is 2.32 bits per heavy atom. The van der Waals surface area contributed by atoms with E-state index in [2.05, 4.69) is 10.1 Å². The Kier molecular flexibility index (Phi) is 6.28. The van der Waals surface area contributed by atoms with Crippen LogP contribution >= 0.6 is 0 Å². The molecular formula is C14H26N2O3. The second-order valence-corrected chi connectivity index (χ2v) is 6.05. The van der Waals surface area contributed by atoms with Crippen molar-refractivity contribution in [3.8, 4) is 0 Å². The lowest BCUT2D eigenvalue weighted by Gasteiger charge is -2.18. The summed E-state index contributed by atoms with van der Waals surface area (Å²) in [6, 6.07) is 0. The second-order valence-electron chi connectivity index (χ2n) is 6.05. The molecule has 2 rings (SSSR count). The number of nitrogens with one attached hydrogen (secondary N) is 1. The molecule has 19 heavy (non-hydrogen) atoms. The Hall–Kier alpha value is -1.10. The molecule has 0 saturated carbocycles. The van der Waals surface area contributed by atoms with Gasteiger partial charge in [-0.1, -0.05) is 0 Å². The highest BCUT2D eigenvalue weighted by molar-refractivity contribution is 5.79. The van der Waals surface area contributed by atoms with E-state index in [0.717, 1.165) is 32.6 Å². The number of carbonyl (C=O) groups is 2. The fraction of sp³-hybridized carbons (Fsp3) is 0.857. The van der Waals surface area contributed by atoms with Crippen molar-refractivity contribution in [1.29, 1.82) is 0 Å². The number of carbonyl (C=O) groups excluding carboxylic acids is 2. The fourth-order valence-electron chi connectivity index (χ4n) is 2.21. The van der Waals surface area contributed by atoms with Gasteiger partial charge in [-0.15, -0.1) is 0 Å². The molecule has 2 aliphatic rings. The molecule has 0 aromatic heterocycles. The summed E-state index contributed by atoms with van der Waals surface area (Å²) in [6.45, 7) is 9.83. The van der Waals surface area contributed by atoms with Gasteiger partial charge in [0.15, 0.2) is 0 Å². The molecule has 1 atom stereocenters. The van der Waals surface area contributed by atoms with Gasteiger partial charge in [0, 0.05) is 19.6 Å². The van der Waals surface area contributed by atoms with Crippen molar-refractivity contribution in [2.45, 2.75) is 45.6 Å². The van der Waals surface area contributed by atoms with Gasteiger partial charge >= 0.3 is 0 Å². The SMILES string of the molecule is CC(C)(C)OC=O.O=C(C1CCNC1)N1CCCC1. The average Bonchev–Trinajstić information content (AvgIpc) is 3.01. The molecule has 0 aromatic rings. The topological polar surface area (TPSA) is 58.6 Å². The van der Waals surface area contributed by atoms with Crippen LogP contribution < -0.4 is 5.32 Å². The van der Waals surface area contributed by atoms with Crippen molar-refractivity contribution in [3.63, 3.8) is 0 Å². The molecule has 0 aromatic carbocycles. The van der Waals surface area contributed by atoms with Crippen molar-refractivity contribution in [1.82, 2.24) is 10.2 Å². The second kappa shape index (κ2) is 7.48. The van der Waals surface area contributed by atoms with Gasteiger partial charge in [-0.2, -0.15) is 0 Å². The van der Waals surface area contributed by atoms with Crippen LogP contribution in [0, 0.1) is 5.92 Å². The number of nitrogens with zero attached hydrogens (tertiary/aromatic N) is 1. The summed E-state index contributed by atoms with van der Waals surface area (Å²) >= 11 is 0. The van der Waals surface area contributed by atoms with Gasteiger partial charge in [0.1, 0.15) is 5.60 Å². The minimum absolute atomic E-state index is 0.281. The predicted molar refractivity (Wildman–Crippen MR) is 73.7 cm³/mol.